The number of halogens is 1. The van der Waals surface area contributed by atoms with Crippen molar-refractivity contribution in [3.8, 4) is 0 Å². The summed E-state index contributed by atoms with van der Waals surface area (Å²) in [7, 11) is 0. The summed E-state index contributed by atoms with van der Waals surface area (Å²) in [5.41, 5.74) is 3.27. The molecule has 0 saturated carbocycles. The third kappa shape index (κ3) is 2.61. The molecule has 0 unspecified atom stereocenters. The Morgan fingerprint density at radius 2 is 2.24 bits per heavy atom. The van der Waals surface area contributed by atoms with Crippen LogP contribution in [0.2, 0.25) is 5.15 Å². The predicted molar refractivity (Wildman–Crippen MR) is 71.4 cm³/mol. The van der Waals surface area contributed by atoms with Gasteiger partial charge in [0, 0.05) is 24.6 Å². The van der Waals surface area contributed by atoms with E-state index in [-0.39, 0.29) is 0 Å². The van der Waals surface area contributed by atoms with Crippen LogP contribution in [0.5, 0.6) is 0 Å². The molecule has 0 bridgehead atoms. The second kappa shape index (κ2) is 5.23. The third-order valence-corrected chi connectivity index (χ3v) is 3.11. The van der Waals surface area contributed by atoms with Gasteiger partial charge in [0.05, 0.1) is 12.2 Å². The first-order chi connectivity index (χ1) is 8.22. The third-order valence-electron chi connectivity index (χ3n) is 2.82. The summed E-state index contributed by atoms with van der Waals surface area (Å²) in [5, 5.41) is 3.87. The van der Waals surface area contributed by atoms with E-state index in [0.717, 1.165) is 24.3 Å². The maximum Gasteiger partial charge on any atom is 0.152 e. The lowest BCUT2D eigenvalue weighted by molar-refractivity contribution is 0.724. The van der Waals surface area contributed by atoms with Gasteiger partial charge >= 0.3 is 0 Å². The van der Waals surface area contributed by atoms with Crippen LogP contribution in [0.3, 0.4) is 0 Å². The van der Waals surface area contributed by atoms with Crippen molar-refractivity contribution in [1.29, 1.82) is 0 Å². The van der Waals surface area contributed by atoms with Crippen molar-refractivity contribution in [1.82, 2.24) is 9.55 Å². The van der Waals surface area contributed by atoms with E-state index in [2.05, 4.69) is 40.1 Å². The molecule has 2 aromatic heterocycles. The van der Waals surface area contributed by atoms with E-state index < -0.39 is 0 Å². The highest BCUT2D eigenvalue weighted by atomic mass is 35.5. The largest absolute Gasteiger partial charge is 0.377 e. The summed E-state index contributed by atoms with van der Waals surface area (Å²) < 4.78 is 2.20. The van der Waals surface area contributed by atoms with Crippen LogP contribution in [0.1, 0.15) is 18.2 Å². The molecule has 1 N–H and O–H groups in total. The highest BCUT2D eigenvalue weighted by Crippen LogP contribution is 2.23. The summed E-state index contributed by atoms with van der Waals surface area (Å²) >= 11 is 6.06. The summed E-state index contributed by atoms with van der Waals surface area (Å²) in [6, 6.07) is 6.11. The van der Waals surface area contributed by atoms with E-state index in [1.165, 1.54) is 5.69 Å². The molecule has 4 heteroatoms. The fraction of sp³-hybridized carbons (Fsp3) is 0.308. The number of anilines is 1. The first-order valence-corrected chi connectivity index (χ1v) is 6.09. The summed E-state index contributed by atoms with van der Waals surface area (Å²) in [4.78, 5) is 4.08. The Morgan fingerprint density at radius 1 is 1.41 bits per heavy atom. The van der Waals surface area contributed by atoms with E-state index in [9.17, 15) is 0 Å². The molecule has 2 heterocycles. The lowest BCUT2D eigenvalue weighted by atomic mass is 10.2. The Kier molecular flexibility index (Phi) is 3.69. The van der Waals surface area contributed by atoms with Crippen molar-refractivity contribution in [2.45, 2.75) is 26.9 Å². The molecule has 3 nitrogen and oxygen atoms in total. The Hall–Kier alpha value is -1.48. The van der Waals surface area contributed by atoms with Crippen LogP contribution in [0.25, 0.3) is 0 Å². The zero-order chi connectivity index (χ0) is 12.3. The minimum atomic E-state index is 0.527. The molecule has 0 spiro atoms. The van der Waals surface area contributed by atoms with Crippen molar-refractivity contribution in [2.24, 2.45) is 0 Å². The van der Waals surface area contributed by atoms with E-state index in [1.54, 1.807) is 6.20 Å². The average molecular weight is 250 g/mol. The number of hydrogen-bond acceptors (Lipinski definition) is 2. The second-order valence-electron chi connectivity index (χ2n) is 3.93. The smallest absolute Gasteiger partial charge is 0.152 e. The molecule has 17 heavy (non-hydrogen) atoms. The number of nitrogens with one attached hydrogen (secondary N) is 1. The van der Waals surface area contributed by atoms with Gasteiger partial charge in [0.25, 0.3) is 0 Å². The van der Waals surface area contributed by atoms with Crippen LogP contribution in [-0.4, -0.2) is 9.55 Å². The summed E-state index contributed by atoms with van der Waals surface area (Å²) in [6.07, 6.45) is 3.80. The zero-order valence-corrected chi connectivity index (χ0v) is 10.8. The maximum atomic E-state index is 6.06. The lowest BCUT2D eigenvalue weighted by Gasteiger charge is -2.12. The van der Waals surface area contributed by atoms with Crippen molar-refractivity contribution < 1.29 is 0 Å². The molecular formula is C13H16ClN3. The lowest BCUT2D eigenvalue weighted by Crippen LogP contribution is -2.07. The van der Waals surface area contributed by atoms with Gasteiger partial charge in [-0.3, -0.25) is 0 Å². The van der Waals surface area contributed by atoms with Gasteiger partial charge in [0.1, 0.15) is 0 Å². The molecule has 0 amide bonds. The van der Waals surface area contributed by atoms with Crippen LogP contribution in [-0.2, 0) is 13.1 Å². The minimum Gasteiger partial charge on any atom is -0.377 e. The molecule has 0 aromatic carbocycles. The minimum absolute atomic E-state index is 0.527. The Labute approximate surface area is 106 Å². The van der Waals surface area contributed by atoms with Crippen LogP contribution >= 0.6 is 11.6 Å². The monoisotopic (exact) mass is 249 g/mol. The number of aryl methyl sites for hydroxylation is 2. The zero-order valence-electron chi connectivity index (χ0n) is 10.1. The van der Waals surface area contributed by atoms with Gasteiger partial charge in [-0.15, -0.1) is 0 Å². The number of rotatable bonds is 4. The van der Waals surface area contributed by atoms with Crippen molar-refractivity contribution in [3.63, 3.8) is 0 Å². The Bertz CT molecular complexity index is 485. The maximum absolute atomic E-state index is 6.06. The summed E-state index contributed by atoms with van der Waals surface area (Å²) in [5.74, 6) is 0. The SMILES string of the molecule is CCn1cccc1CNc1c(C)ccnc1Cl. The van der Waals surface area contributed by atoms with Crippen molar-refractivity contribution in [2.75, 3.05) is 5.32 Å². The van der Waals surface area contributed by atoms with Gasteiger partial charge in [-0.2, -0.15) is 0 Å². The van der Waals surface area contributed by atoms with Gasteiger partial charge in [-0.05, 0) is 37.6 Å². The van der Waals surface area contributed by atoms with E-state index in [4.69, 9.17) is 11.6 Å². The molecule has 0 aliphatic rings. The molecular weight excluding hydrogens is 234 g/mol. The standard InChI is InChI=1S/C13H16ClN3/c1-3-17-8-4-5-11(17)9-16-12-10(2)6-7-15-13(12)14/h4-8,16H,3,9H2,1-2H3. The van der Waals surface area contributed by atoms with Crippen molar-refractivity contribution >= 4 is 17.3 Å². The van der Waals surface area contributed by atoms with Gasteiger partial charge in [-0.25, -0.2) is 4.98 Å². The Morgan fingerprint density at radius 3 is 2.94 bits per heavy atom. The van der Waals surface area contributed by atoms with Gasteiger partial charge in [0.15, 0.2) is 5.15 Å². The first kappa shape index (κ1) is 12.0. The number of pyridine rings is 1. The van der Waals surface area contributed by atoms with Crippen LogP contribution in [0.4, 0.5) is 5.69 Å². The normalized spacial score (nSPS) is 10.5. The first-order valence-electron chi connectivity index (χ1n) is 5.71. The molecule has 0 aliphatic carbocycles. The summed E-state index contributed by atoms with van der Waals surface area (Å²) in [6.45, 7) is 5.89. The number of hydrogen-bond donors (Lipinski definition) is 1. The molecule has 0 atom stereocenters. The average Bonchev–Trinajstić information content (AvgIpc) is 2.76. The van der Waals surface area contributed by atoms with Gasteiger partial charge < -0.3 is 9.88 Å². The van der Waals surface area contributed by atoms with E-state index in [1.807, 2.05) is 13.0 Å². The molecule has 0 fully saturated rings. The van der Waals surface area contributed by atoms with Crippen molar-refractivity contribution in [3.05, 3.63) is 47.0 Å². The molecule has 2 aromatic rings. The second-order valence-corrected chi connectivity index (χ2v) is 4.29. The van der Waals surface area contributed by atoms with Crippen LogP contribution in [0, 0.1) is 6.92 Å². The van der Waals surface area contributed by atoms with E-state index in [0.29, 0.717) is 5.15 Å². The number of aromatic nitrogens is 2. The van der Waals surface area contributed by atoms with Gasteiger partial charge in [0.2, 0.25) is 0 Å². The highest BCUT2D eigenvalue weighted by molar-refractivity contribution is 6.32. The Balaban J connectivity index is 2.13. The van der Waals surface area contributed by atoms with Crippen LogP contribution < -0.4 is 5.32 Å². The molecule has 0 radical (unpaired) electrons. The number of nitrogens with zero attached hydrogens (tertiary/aromatic N) is 2. The quantitative estimate of drug-likeness (QED) is 0.841. The topological polar surface area (TPSA) is 29.9 Å². The fourth-order valence-electron chi connectivity index (χ4n) is 1.83. The van der Waals surface area contributed by atoms with Gasteiger partial charge in [-0.1, -0.05) is 11.6 Å². The molecule has 0 aliphatic heterocycles. The molecule has 0 saturated heterocycles. The van der Waals surface area contributed by atoms with Crippen LogP contribution in [0.15, 0.2) is 30.6 Å². The molecule has 90 valence electrons. The predicted octanol–water partition coefficient (Wildman–Crippen LogP) is 3.48. The molecule has 2 rings (SSSR count). The fourth-order valence-corrected chi connectivity index (χ4v) is 2.11. The van der Waals surface area contributed by atoms with E-state index >= 15 is 0 Å². The highest BCUT2D eigenvalue weighted by Gasteiger charge is 2.05.